The highest BCUT2D eigenvalue weighted by Gasteiger charge is 2.23. The number of rotatable bonds is 5. The maximum Gasteiger partial charge on any atom is 0.124 e. The topological polar surface area (TPSA) is 15.3 Å². The lowest BCUT2D eigenvalue weighted by atomic mass is 10.1. The summed E-state index contributed by atoms with van der Waals surface area (Å²) in [6.45, 7) is 6.56. The van der Waals surface area contributed by atoms with E-state index >= 15 is 0 Å². The van der Waals surface area contributed by atoms with Gasteiger partial charge in [0.2, 0.25) is 0 Å². The second kappa shape index (κ2) is 6.70. The molecule has 1 heterocycles. The van der Waals surface area contributed by atoms with Crippen molar-refractivity contribution in [3.63, 3.8) is 0 Å². The van der Waals surface area contributed by atoms with Gasteiger partial charge in [-0.1, -0.05) is 6.92 Å². The summed E-state index contributed by atoms with van der Waals surface area (Å²) >= 11 is 2.22. The number of benzene rings is 1. The van der Waals surface area contributed by atoms with Crippen molar-refractivity contribution in [2.24, 2.45) is 5.92 Å². The minimum absolute atomic E-state index is 0.150. The van der Waals surface area contributed by atoms with Gasteiger partial charge in [0, 0.05) is 16.7 Å². The molecule has 1 aliphatic heterocycles. The summed E-state index contributed by atoms with van der Waals surface area (Å²) in [5, 5.41) is 3.48. The molecule has 0 amide bonds. The van der Waals surface area contributed by atoms with Gasteiger partial charge < -0.3 is 10.2 Å². The number of hydrogen-bond donors (Lipinski definition) is 1. The van der Waals surface area contributed by atoms with Crippen LogP contribution in [0, 0.1) is 15.3 Å². The Bertz CT molecular complexity index is 397. The zero-order valence-electron chi connectivity index (χ0n) is 10.8. The zero-order chi connectivity index (χ0) is 13.0. The molecule has 0 spiro atoms. The molecule has 0 aliphatic carbocycles. The van der Waals surface area contributed by atoms with E-state index in [1.54, 1.807) is 12.1 Å². The Balaban J connectivity index is 1.91. The fourth-order valence-corrected chi connectivity index (χ4v) is 3.26. The highest BCUT2D eigenvalue weighted by atomic mass is 127. The van der Waals surface area contributed by atoms with E-state index in [4.69, 9.17) is 0 Å². The third-order valence-corrected chi connectivity index (χ3v) is 4.26. The van der Waals surface area contributed by atoms with Crippen LogP contribution in [0.5, 0.6) is 0 Å². The molecule has 18 heavy (non-hydrogen) atoms. The normalized spacial score (nSPS) is 19.5. The van der Waals surface area contributed by atoms with Gasteiger partial charge in [-0.3, -0.25) is 0 Å². The smallest absolute Gasteiger partial charge is 0.124 e. The fourth-order valence-electron chi connectivity index (χ4n) is 2.44. The lowest BCUT2D eigenvalue weighted by Gasteiger charge is -2.20. The second-order valence-electron chi connectivity index (χ2n) is 4.90. The monoisotopic (exact) mass is 362 g/mol. The van der Waals surface area contributed by atoms with E-state index in [1.807, 2.05) is 6.07 Å². The molecule has 100 valence electrons. The maximum atomic E-state index is 13.1. The molecule has 0 radical (unpaired) electrons. The van der Waals surface area contributed by atoms with Gasteiger partial charge in [-0.25, -0.2) is 4.39 Å². The van der Waals surface area contributed by atoms with Gasteiger partial charge in [-0.2, -0.15) is 0 Å². The first-order valence-electron chi connectivity index (χ1n) is 6.61. The lowest BCUT2D eigenvalue weighted by molar-refractivity contribution is 0.516. The van der Waals surface area contributed by atoms with Gasteiger partial charge in [0.15, 0.2) is 0 Å². The first kappa shape index (κ1) is 14.1. The van der Waals surface area contributed by atoms with Crippen molar-refractivity contribution in [3.05, 3.63) is 27.6 Å². The van der Waals surface area contributed by atoms with Crippen molar-refractivity contribution in [3.8, 4) is 0 Å². The van der Waals surface area contributed by atoms with Gasteiger partial charge in [0.1, 0.15) is 5.82 Å². The molecule has 1 saturated heterocycles. The molecule has 0 bridgehead atoms. The molecule has 1 atom stereocenters. The molecule has 2 nitrogen and oxygen atoms in total. The van der Waals surface area contributed by atoms with Crippen LogP contribution >= 0.6 is 22.6 Å². The van der Waals surface area contributed by atoms with Crippen molar-refractivity contribution in [1.82, 2.24) is 5.32 Å². The van der Waals surface area contributed by atoms with Gasteiger partial charge in [-0.05, 0) is 72.6 Å². The summed E-state index contributed by atoms with van der Waals surface area (Å²) in [6.07, 6.45) is 2.41. The molecule has 1 N–H and O–H groups in total. The quantitative estimate of drug-likeness (QED) is 0.639. The molecule has 1 unspecified atom stereocenters. The Kier molecular flexibility index (Phi) is 5.24. The predicted octanol–water partition coefficient (Wildman–Crippen LogP) is 3.26. The molecular weight excluding hydrogens is 342 g/mol. The SMILES string of the molecule is CCCNCC1CCN(c2ccc(F)cc2I)C1. The van der Waals surface area contributed by atoms with Gasteiger partial charge in [-0.15, -0.1) is 0 Å². The Morgan fingerprint density at radius 2 is 2.33 bits per heavy atom. The summed E-state index contributed by atoms with van der Waals surface area (Å²) in [5.41, 5.74) is 1.18. The van der Waals surface area contributed by atoms with Crippen molar-refractivity contribution < 1.29 is 4.39 Å². The lowest BCUT2D eigenvalue weighted by Crippen LogP contribution is -2.27. The number of nitrogens with zero attached hydrogens (tertiary/aromatic N) is 1. The van der Waals surface area contributed by atoms with Crippen LogP contribution in [0.3, 0.4) is 0 Å². The number of halogens is 2. The average molecular weight is 362 g/mol. The van der Waals surface area contributed by atoms with Crippen molar-refractivity contribution in [1.29, 1.82) is 0 Å². The summed E-state index contributed by atoms with van der Waals surface area (Å²) in [7, 11) is 0. The summed E-state index contributed by atoms with van der Waals surface area (Å²) in [4.78, 5) is 2.37. The Morgan fingerprint density at radius 1 is 1.50 bits per heavy atom. The molecule has 2 rings (SSSR count). The van der Waals surface area contributed by atoms with E-state index < -0.39 is 0 Å². The minimum Gasteiger partial charge on any atom is -0.370 e. The van der Waals surface area contributed by atoms with Crippen molar-refractivity contribution in [2.75, 3.05) is 31.1 Å². The number of anilines is 1. The van der Waals surface area contributed by atoms with Crippen LogP contribution in [0.1, 0.15) is 19.8 Å². The van der Waals surface area contributed by atoms with Crippen molar-refractivity contribution in [2.45, 2.75) is 19.8 Å². The van der Waals surface area contributed by atoms with Gasteiger partial charge >= 0.3 is 0 Å². The first-order valence-corrected chi connectivity index (χ1v) is 7.69. The third-order valence-electron chi connectivity index (χ3n) is 3.40. The third kappa shape index (κ3) is 3.57. The van der Waals surface area contributed by atoms with Crippen LogP contribution in [0.2, 0.25) is 0 Å². The Labute approximate surface area is 122 Å². The van der Waals surface area contributed by atoms with Crippen LogP contribution < -0.4 is 10.2 Å². The summed E-state index contributed by atoms with van der Waals surface area (Å²) < 4.78 is 14.1. The van der Waals surface area contributed by atoms with Crippen LogP contribution in [-0.2, 0) is 0 Å². The molecular formula is C14H20FIN2. The van der Waals surface area contributed by atoms with Crippen LogP contribution in [0.4, 0.5) is 10.1 Å². The molecule has 0 aromatic heterocycles. The molecule has 1 aromatic carbocycles. The average Bonchev–Trinajstić information content (AvgIpc) is 2.78. The summed E-state index contributed by atoms with van der Waals surface area (Å²) in [6, 6.07) is 5.07. The van der Waals surface area contributed by atoms with E-state index in [2.05, 4.69) is 39.7 Å². The zero-order valence-corrected chi connectivity index (χ0v) is 12.9. The molecule has 4 heteroatoms. The maximum absolute atomic E-state index is 13.1. The van der Waals surface area contributed by atoms with Crippen LogP contribution in [0.15, 0.2) is 18.2 Å². The van der Waals surface area contributed by atoms with E-state index in [0.29, 0.717) is 0 Å². The van der Waals surface area contributed by atoms with Crippen molar-refractivity contribution >= 4 is 28.3 Å². The fraction of sp³-hybridized carbons (Fsp3) is 0.571. The summed E-state index contributed by atoms with van der Waals surface area (Å²) in [5.74, 6) is 0.570. The molecule has 1 aliphatic rings. The minimum atomic E-state index is -0.150. The van der Waals surface area contributed by atoms with E-state index in [9.17, 15) is 4.39 Å². The molecule has 0 saturated carbocycles. The highest BCUT2D eigenvalue weighted by molar-refractivity contribution is 14.1. The second-order valence-corrected chi connectivity index (χ2v) is 6.06. The standard InChI is InChI=1S/C14H20FIN2/c1-2-6-17-9-11-5-7-18(10-11)14-4-3-12(15)8-13(14)16/h3-4,8,11,17H,2,5-7,9-10H2,1H3. The van der Waals surface area contributed by atoms with E-state index in [1.165, 1.54) is 18.5 Å². The van der Waals surface area contributed by atoms with Gasteiger partial charge in [0.25, 0.3) is 0 Å². The molecule has 1 fully saturated rings. The highest BCUT2D eigenvalue weighted by Crippen LogP contribution is 2.28. The predicted molar refractivity (Wildman–Crippen MR) is 82.6 cm³/mol. The number of hydrogen-bond acceptors (Lipinski definition) is 2. The van der Waals surface area contributed by atoms with Gasteiger partial charge in [0.05, 0.1) is 5.69 Å². The van der Waals surface area contributed by atoms with E-state index in [-0.39, 0.29) is 5.82 Å². The van der Waals surface area contributed by atoms with Crippen LogP contribution in [-0.4, -0.2) is 26.2 Å². The Morgan fingerprint density at radius 3 is 3.06 bits per heavy atom. The largest absolute Gasteiger partial charge is 0.370 e. The van der Waals surface area contributed by atoms with Crippen LogP contribution in [0.25, 0.3) is 0 Å². The number of nitrogens with one attached hydrogen (secondary N) is 1. The van der Waals surface area contributed by atoms with E-state index in [0.717, 1.165) is 35.7 Å². The molecule has 1 aromatic rings. The Hall–Kier alpha value is -0.360. The first-order chi connectivity index (χ1) is 8.70.